The van der Waals surface area contributed by atoms with Crippen molar-refractivity contribution < 1.29 is 17.9 Å². The van der Waals surface area contributed by atoms with Gasteiger partial charge in [0.25, 0.3) is 0 Å². The fourth-order valence-electron chi connectivity index (χ4n) is 4.22. The molecule has 3 aliphatic rings. The van der Waals surface area contributed by atoms with Crippen molar-refractivity contribution in [1.82, 2.24) is 9.88 Å². The van der Waals surface area contributed by atoms with Gasteiger partial charge in [-0.1, -0.05) is 0 Å². The molecular weight excluding hydrogens is 376 g/mol. The molecule has 28 heavy (non-hydrogen) atoms. The third kappa shape index (κ3) is 4.69. The molecule has 3 fully saturated rings. The Morgan fingerprint density at radius 2 is 1.54 bits per heavy atom. The van der Waals surface area contributed by atoms with Crippen LogP contribution in [0.1, 0.15) is 57.1 Å². The first kappa shape index (κ1) is 20.1. The van der Waals surface area contributed by atoms with Crippen LogP contribution in [0.15, 0.2) is 17.2 Å². The van der Waals surface area contributed by atoms with Gasteiger partial charge in [0.15, 0.2) is 14.9 Å². The first-order valence-corrected chi connectivity index (χ1v) is 12.2. The summed E-state index contributed by atoms with van der Waals surface area (Å²) in [5.74, 6) is 0.703. The van der Waals surface area contributed by atoms with E-state index >= 15 is 0 Å². The highest BCUT2D eigenvalue weighted by molar-refractivity contribution is 7.92. The average molecular weight is 409 g/mol. The first-order chi connectivity index (χ1) is 13.4. The molecule has 1 aromatic heterocycles. The molecule has 6 nitrogen and oxygen atoms in total. The van der Waals surface area contributed by atoms with Gasteiger partial charge in [-0.2, -0.15) is 0 Å². The number of pyridine rings is 1. The zero-order valence-electron chi connectivity index (χ0n) is 17.0. The second-order valence-electron chi connectivity index (χ2n) is 8.63. The summed E-state index contributed by atoms with van der Waals surface area (Å²) in [6, 6.07) is 3.38. The van der Waals surface area contributed by atoms with Crippen molar-refractivity contribution in [3.05, 3.63) is 17.8 Å². The number of rotatable bonds is 6. The van der Waals surface area contributed by atoms with E-state index in [0.717, 1.165) is 64.5 Å². The fourth-order valence-corrected chi connectivity index (χ4v) is 5.84. The molecule has 0 radical (unpaired) electrons. The Hall–Kier alpha value is -1.18. The number of ether oxygens (including phenoxy) is 2. The van der Waals surface area contributed by atoms with Gasteiger partial charge < -0.3 is 14.4 Å². The summed E-state index contributed by atoms with van der Waals surface area (Å²) in [6.07, 6.45) is 8.68. The van der Waals surface area contributed by atoms with Crippen molar-refractivity contribution in [1.29, 1.82) is 0 Å². The standard InChI is InChI=1S/C21H32N2O4S/c1-15-20(9-10-21(22-15)28(24,25)19-7-8-19)27-17-5-3-16(4-6-17)26-18-11-13-23(2)14-12-18/h9-10,16-19H,3-8,11-14H2,1-2H3/t16-,17-. The van der Waals surface area contributed by atoms with Crippen molar-refractivity contribution in [2.75, 3.05) is 20.1 Å². The molecule has 1 aliphatic heterocycles. The molecule has 2 aliphatic carbocycles. The van der Waals surface area contributed by atoms with Gasteiger partial charge in [0, 0.05) is 13.1 Å². The lowest BCUT2D eigenvalue weighted by Crippen LogP contribution is -2.37. The Morgan fingerprint density at radius 3 is 2.14 bits per heavy atom. The largest absolute Gasteiger partial charge is 0.489 e. The third-order valence-electron chi connectivity index (χ3n) is 6.23. The van der Waals surface area contributed by atoms with Gasteiger partial charge >= 0.3 is 0 Å². The van der Waals surface area contributed by atoms with Crippen molar-refractivity contribution in [2.45, 2.75) is 86.9 Å². The number of hydrogen-bond donors (Lipinski definition) is 0. The predicted molar refractivity (Wildman–Crippen MR) is 107 cm³/mol. The normalized spacial score (nSPS) is 27.6. The minimum Gasteiger partial charge on any atom is -0.489 e. The fraction of sp³-hybridized carbons (Fsp3) is 0.762. The van der Waals surface area contributed by atoms with E-state index in [1.165, 1.54) is 0 Å². The summed E-state index contributed by atoms with van der Waals surface area (Å²) in [5.41, 5.74) is 0.659. The molecule has 1 saturated heterocycles. The van der Waals surface area contributed by atoms with Gasteiger partial charge in [0.2, 0.25) is 0 Å². The highest BCUT2D eigenvalue weighted by atomic mass is 32.2. The number of hydrogen-bond acceptors (Lipinski definition) is 6. The number of nitrogens with zero attached hydrogens (tertiary/aromatic N) is 2. The van der Waals surface area contributed by atoms with Gasteiger partial charge in [-0.25, -0.2) is 13.4 Å². The number of piperidine rings is 1. The van der Waals surface area contributed by atoms with Crippen LogP contribution in [0.4, 0.5) is 0 Å². The molecule has 0 unspecified atom stereocenters. The Labute approximate surface area is 168 Å². The van der Waals surface area contributed by atoms with Gasteiger partial charge in [-0.15, -0.1) is 0 Å². The van der Waals surface area contributed by atoms with Crippen LogP contribution in [-0.4, -0.2) is 62.0 Å². The number of sulfone groups is 1. The Kier molecular flexibility index (Phi) is 5.95. The van der Waals surface area contributed by atoms with Crippen molar-refractivity contribution >= 4 is 9.84 Å². The molecule has 1 aromatic rings. The van der Waals surface area contributed by atoms with Gasteiger partial charge in [0.05, 0.1) is 29.3 Å². The van der Waals surface area contributed by atoms with Gasteiger partial charge in [-0.3, -0.25) is 0 Å². The van der Waals surface area contributed by atoms with Crippen LogP contribution in [-0.2, 0) is 14.6 Å². The summed E-state index contributed by atoms with van der Waals surface area (Å²) in [5, 5.41) is -0.0407. The van der Waals surface area contributed by atoms with E-state index < -0.39 is 9.84 Å². The number of aryl methyl sites for hydroxylation is 1. The summed E-state index contributed by atoms with van der Waals surface area (Å²) in [6.45, 7) is 4.08. The molecule has 0 atom stereocenters. The number of aromatic nitrogens is 1. The van der Waals surface area contributed by atoms with Crippen LogP contribution in [0.25, 0.3) is 0 Å². The maximum Gasteiger partial charge on any atom is 0.198 e. The summed E-state index contributed by atoms with van der Waals surface area (Å²) in [7, 11) is -1.08. The minimum atomic E-state index is -3.25. The van der Waals surface area contributed by atoms with E-state index in [0.29, 0.717) is 23.7 Å². The SMILES string of the molecule is Cc1nc(S(=O)(=O)C2CC2)ccc1O[C@H]1CC[C@H](OC2CCN(C)CC2)CC1. The zero-order chi connectivity index (χ0) is 19.7. The first-order valence-electron chi connectivity index (χ1n) is 10.6. The van der Waals surface area contributed by atoms with E-state index in [4.69, 9.17) is 9.47 Å². The summed E-state index contributed by atoms with van der Waals surface area (Å²) in [4.78, 5) is 6.69. The molecule has 0 aromatic carbocycles. The lowest BCUT2D eigenvalue weighted by Gasteiger charge is -2.35. The lowest BCUT2D eigenvalue weighted by atomic mass is 9.94. The lowest BCUT2D eigenvalue weighted by molar-refractivity contribution is -0.0643. The van der Waals surface area contributed by atoms with Crippen LogP contribution >= 0.6 is 0 Å². The highest BCUT2D eigenvalue weighted by Crippen LogP contribution is 2.34. The Balaban J connectivity index is 1.28. The molecule has 0 amide bonds. The maximum absolute atomic E-state index is 12.3. The van der Waals surface area contributed by atoms with Crippen molar-refractivity contribution in [2.24, 2.45) is 0 Å². The summed E-state index contributed by atoms with van der Waals surface area (Å²) < 4.78 is 37.2. The molecule has 4 rings (SSSR count). The summed E-state index contributed by atoms with van der Waals surface area (Å²) >= 11 is 0. The number of likely N-dealkylation sites (tertiary alicyclic amines) is 1. The van der Waals surface area contributed by atoms with E-state index in [9.17, 15) is 8.42 Å². The smallest absolute Gasteiger partial charge is 0.198 e. The van der Waals surface area contributed by atoms with Gasteiger partial charge in [0.1, 0.15) is 5.75 Å². The second kappa shape index (κ2) is 8.28. The van der Waals surface area contributed by atoms with Gasteiger partial charge in [-0.05, 0) is 77.5 Å². The van der Waals surface area contributed by atoms with Crippen LogP contribution in [0.2, 0.25) is 0 Å². The topological polar surface area (TPSA) is 68.7 Å². The predicted octanol–water partition coefficient (Wildman–Crippen LogP) is 3.13. The van der Waals surface area contributed by atoms with Crippen molar-refractivity contribution in [3.8, 4) is 5.75 Å². The average Bonchev–Trinajstić information content (AvgIpc) is 3.52. The molecule has 156 valence electrons. The Morgan fingerprint density at radius 1 is 0.929 bits per heavy atom. The van der Waals surface area contributed by atoms with E-state index in [1.54, 1.807) is 12.1 Å². The van der Waals surface area contributed by atoms with E-state index in [-0.39, 0.29) is 16.4 Å². The van der Waals surface area contributed by atoms with Crippen LogP contribution in [0.5, 0.6) is 5.75 Å². The molecule has 2 heterocycles. The van der Waals surface area contributed by atoms with Crippen LogP contribution in [0, 0.1) is 6.92 Å². The minimum absolute atomic E-state index is 0.156. The van der Waals surface area contributed by atoms with E-state index in [1.807, 2.05) is 6.92 Å². The Bertz CT molecular complexity index is 778. The van der Waals surface area contributed by atoms with E-state index in [2.05, 4.69) is 16.9 Å². The third-order valence-corrected chi connectivity index (χ3v) is 8.39. The molecular formula is C21H32N2O4S. The maximum atomic E-state index is 12.3. The molecule has 2 saturated carbocycles. The quantitative estimate of drug-likeness (QED) is 0.720. The molecule has 0 N–H and O–H groups in total. The zero-order valence-corrected chi connectivity index (χ0v) is 17.8. The molecule has 0 spiro atoms. The second-order valence-corrected chi connectivity index (χ2v) is 10.8. The highest BCUT2D eigenvalue weighted by Gasteiger charge is 2.38. The monoisotopic (exact) mass is 408 g/mol. The van der Waals surface area contributed by atoms with Crippen molar-refractivity contribution in [3.63, 3.8) is 0 Å². The molecule has 7 heteroatoms. The van der Waals surface area contributed by atoms with Crippen LogP contribution in [0.3, 0.4) is 0 Å². The van der Waals surface area contributed by atoms with Crippen LogP contribution < -0.4 is 4.74 Å². The molecule has 0 bridgehead atoms.